The molecule has 0 aliphatic heterocycles. The summed E-state index contributed by atoms with van der Waals surface area (Å²) in [6.45, 7) is 0. The number of hydrogen-bond donors (Lipinski definition) is 1. The third-order valence-corrected chi connectivity index (χ3v) is 4.66. The number of aromatic amines is 1. The van der Waals surface area contributed by atoms with Gasteiger partial charge in [-0.1, -0.05) is 12.1 Å². The van der Waals surface area contributed by atoms with Crippen molar-refractivity contribution in [1.82, 2.24) is 14.5 Å². The van der Waals surface area contributed by atoms with Crippen molar-refractivity contribution in [2.45, 2.75) is 18.8 Å². The van der Waals surface area contributed by atoms with Gasteiger partial charge in [0.05, 0.1) is 16.6 Å². The van der Waals surface area contributed by atoms with E-state index in [1.165, 1.54) is 4.57 Å². The molecule has 2 aromatic heterocycles. The van der Waals surface area contributed by atoms with Crippen LogP contribution in [0.15, 0.2) is 51.7 Å². The molecule has 1 aliphatic rings. The van der Waals surface area contributed by atoms with Crippen LogP contribution in [0.25, 0.3) is 27.7 Å². The van der Waals surface area contributed by atoms with Crippen LogP contribution in [0.5, 0.6) is 0 Å². The first kappa shape index (κ1) is 13.7. The standard InChI is InChI=1S/C18H13N3O2S/c22-17-12-3-1-2-4-13(12)20-18(24)21(17)11-7-8-15-14(9-11)19-16(23-15)10-5-6-10/h1-4,7-10H,5-6H2,(H,20,24). The van der Waals surface area contributed by atoms with Crippen LogP contribution in [0.4, 0.5) is 0 Å². The molecule has 0 unspecified atom stereocenters. The second-order valence-electron chi connectivity index (χ2n) is 6.09. The summed E-state index contributed by atoms with van der Waals surface area (Å²) in [7, 11) is 0. The number of H-pyrrole nitrogens is 1. The van der Waals surface area contributed by atoms with Crippen molar-refractivity contribution in [2.75, 3.05) is 0 Å². The molecule has 5 nitrogen and oxygen atoms in total. The van der Waals surface area contributed by atoms with Crippen LogP contribution >= 0.6 is 12.2 Å². The molecular formula is C18H13N3O2S. The molecule has 0 radical (unpaired) electrons. The number of nitrogens with zero attached hydrogens (tertiary/aromatic N) is 2. The Kier molecular flexibility index (Phi) is 2.78. The van der Waals surface area contributed by atoms with Crippen molar-refractivity contribution >= 4 is 34.2 Å². The van der Waals surface area contributed by atoms with E-state index in [4.69, 9.17) is 16.6 Å². The fourth-order valence-electron chi connectivity index (χ4n) is 2.97. The number of fused-ring (bicyclic) bond motifs is 2. The molecule has 0 spiro atoms. The van der Waals surface area contributed by atoms with Gasteiger partial charge in [-0.25, -0.2) is 4.98 Å². The number of aromatic nitrogens is 3. The van der Waals surface area contributed by atoms with Crippen molar-refractivity contribution < 1.29 is 4.42 Å². The molecule has 24 heavy (non-hydrogen) atoms. The van der Waals surface area contributed by atoms with Crippen molar-refractivity contribution in [2.24, 2.45) is 0 Å². The van der Waals surface area contributed by atoms with Crippen LogP contribution in [-0.2, 0) is 0 Å². The molecule has 5 rings (SSSR count). The van der Waals surface area contributed by atoms with E-state index in [0.717, 1.165) is 35.3 Å². The topological polar surface area (TPSA) is 63.8 Å². The summed E-state index contributed by atoms with van der Waals surface area (Å²) in [6.07, 6.45) is 2.27. The number of nitrogens with one attached hydrogen (secondary N) is 1. The van der Waals surface area contributed by atoms with E-state index in [-0.39, 0.29) is 5.56 Å². The van der Waals surface area contributed by atoms with E-state index < -0.39 is 0 Å². The Morgan fingerprint density at radius 3 is 2.88 bits per heavy atom. The van der Waals surface area contributed by atoms with Crippen LogP contribution < -0.4 is 5.56 Å². The zero-order chi connectivity index (χ0) is 16.3. The second kappa shape index (κ2) is 4.88. The second-order valence-corrected chi connectivity index (χ2v) is 6.48. The number of oxazole rings is 1. The summed E-state index contributed by atoms with van der Waals surface area (Å²) in [6, 6.07) is 12.9. The van der Waals surface area contributed by atoms with Gasteiger partial charge in [-0.05, 0) is 55.4 Å². The van der Waals surface area contributed by atoms with E-state index in [1.54, 1.807) is 6.07 Å². The van der Waals surface area contributed by atoms with Gasteiger partial charge >= 0.3 is 0 Å². The Hall–Kier alpha value is -2.73. The summed E-state index contributed by atoms with van der Waals surface area (Å²) in [5.41, 5.74) is 2.78. The molecular weight excluding hydrogens is 322 g/mol. The van der Waals surface area contributed by atoms with Gasteiger partial charge in [0.2, 0.25) is 0 Å². The Morgan fingerprint density at radius 2 is 2.04 bits per heavy atom. The Morgan fingerprint density at radius 1 is 1.21 bits per heavy atom. The van der Waals surface area contributed by atoms with Crippen molar-refractivity contribution in [3.63, 3.8) is 0 Å². The molecule has 1 fully saturated rings. The highest BCUT2D eigenvalue weighted by Crippen LogP contribution is 2.40. The highest BCUT2D eigenvalue weighted by atomic mass is 32.1. The highest BCUT2D eigenvalue weighted by molar-refractivity contribution is 7.71. The maximum absolute atomic E-state index is 12.8. The molecule has 118 valence electrons. The lowest BCUT2D eigenvalue weighted by molar-refractivity contribution is 0.533. The third-order valence-electron chi connectivity index (χ3n) is 4.38. The number of hydrogen-bond acceptors (Lipinski definition) is 4. The fourth-order valence-corrected chi connectivity index (χ4v) is 3.27. The number of benzene rings is 2. The van der Waals surface area contributed by atoms with Gasteiger partial charge in [0.15, 0.2) is 16.2 Å². The summed E-state index contributed by atoms with van der Waals surface area (Å²) in [5, 5.41) is 0.602. The highest BCUT2D eigenvalue weighted by Gasteiger charge is 2.28. The molecule has 2 aromatic carbocycles. The van der Waals surface area contributed by atoms with Gasteiger partial charge in [0.25, 0.3) is 5.56 Å². The van der Waals surface area contributed by atoms with Gasteiger partial charge < -0.3 is 9.40 Å². The van der Waals surface area contributed by atoms with Gasteiger partial charge in [-0.15, -0.1) is 0 Å². The Bertz CT molecular complexity index is 1210. The van der Waals surface area contributed by atoms with Crippen molar-refractivity contribution in [3.05, 3.63) is 63.5 Å². The first-order valence-corrected chi connectivity index (χ1v) is 8.26. The molecule has 1 saturated carbocycles. The molecule has 1 N–H and O–H groups in total. The molecule has 0 atom stereocenters. The Balaban J connectivity index is 1.76. The first-order valence-electron chi connectivity index (χ1n) is 7.86. The van der Waals surface area contributed by atoms with Crippen LogP contribution in [0.3, 0.4) is 0 Å². The fraction of sp³-hybridized carbons (Fsp3) is 0.167. The molecule has 0 saturated heterocycles. The molecule has 1 aliphatic carbocycles. The number of para-hydroxylation sites is 1. The first-order chi connectivity index (χ1) is 11.7. The smallest absolute Gasteiger partial charge is 0.266 e. The lowest BCUT2D eigenvalue weighted by Gasteiger charge is -2.07. The minimum atomic E-state index is -0.139. The predicted octanol–water partition coefficient (Wildman–Crippen LogP) is 4.07. The molecule has 6 heteroatoms. The van der Waals surface area contributed by atoms with E-state index in [9.17, 15) is 4.79 Å². The van der Waals surface area contributed by atoms with Crippen LogP contribution in [0.2, 0.25) is 0 Å². The predicted molar refractivity (Wildman–Crippen MR) is 94.3 cm³/mol. The largest absolute Gasteiger partial charge is 0.440 e. The van der Waals surface area contributed by atoms with Gasteiger partial charge in [0.1, 0.15) is 5.52 Å². The summed E-state index contributed by atoms with van der Waals surface area (Å²) >= 11 is 5.39. The molecule has 0 bridgehead atoms. The van der Waals surface area contributed by atoms with Gasteiger partial charge in [0, 0.05) is 5.92 Å². The lowest BCUT2D eigenvalue weighted by Crippen LogP contribution is -2.20. The lowest BCUT2D eigenvalue weighted by atomic mass is 10.2. The monoisotopic (exact) mass is 335 g/mol. The van der Waals surface area contributed by atoms with Crippen LogP contribution in [-0.4, -0.2) is 14.5 Å². The molecule has 4 aromatic rings. The zero-order valence-electron chi connectivity index (χ0n) is 12.7. The normalized spacial score (nSPS) is 14.5. The molecule has 0 amide bonds. The third kappa shape index (κ3) is 2.03. The Labute approximate surface area is 141 Å². The average molecular weight is 335 g/mol. The van der Waals surface area contributed by atoms with Crippen molar-refractivity contribution in [1.29, 1.82) is 0 Å². The van der Waals surface area contributed by atoms with Crippen LogP contribution in [0, 0.1) is 4.77 Å². The minimum Gasteiger partial charge on any atom is -0.440 e. The molecule has 2 heterocycles. The van der Waals surface area contributed by atoms with Gasteiger partial charge in [-0.2, -0.15) is 0 Å². The summed E-state index contributed by atoms with van der Waals surface area (Å²) < 4.78 is 7.65. The van der Waals surface area contributed by atoms with E-state index >= 15 is 0 Å². The summed E-state index contributed by atoms with van der Waals surface area (Å²) in [4.78, 5) is 20.5. The average Bonchev–Trinajstić information content (AvgIpc) is 3.34. The quantitative estimate of drug-likeness (QED) is 0.561. The number of rotatable bonds is 2. The zero-order valence-corrected chi connectivity index (χ0v) is 13.5. The maximum Gasteiger partial charge on any atom is 0.266 e. The van der Waals surface area contributed by atoms with E-state index in [2.05, 4.69) is 9.97 Å². The van der Waals surface area contributed by atoms with Crippen LogP contribution in [0.1, 0.15) is 24.7 Å². The minimum absolute atomic E-state index is 0.139. The maximum atomic E-state index is 12.8. The van der Waals surface area contributed by atoms with Crippen molar-refractivity contribution in [3.8, 4) is 5.69 Å². The van der Waals surface area contributed by atoms with E-state index in [1.807, 2.05) is 36.4 Å². The van der Waals surface area contributed by atoms with Gasteiger partial charge in [-0.3, -0.25) is 9.36 Å². The summed E-state index contributed by atoms with van der Waals surface area (Å²) in [5.74, 6) is 1.24. The SMILES string of the molecule is O=c1c2ccccc2[nH]c(=S)n1-c1ccc2oc(C3CC3)nc2c1. The van der Waals surface area contributed by atoms with E-state index in [0.29, 0.717) is 21.8 Å².